The first kappa shape index (κ1) is 14.2. The summed E-state index contributed by atoms with van der Waals surface area (Å²) in [6.07, 6.45) is 3.63. The second-order valence-corrected chi connectivity index (χ2v) is 6.67. The minimum Gasteiger partial charge on any atom is -0.341 e. The zero-order valence-electron chi connectivity index (χ0n) is 12.6. The van der Waals surface area contributed by atoms with Gasteiger partial charge in [0.2, 0.25) is 0 Å². The third-order valence-electron chi connectivity index (χ3n) is 4.77. The van der Waals surface area contributed by atoms with Gasteiger partial charge in [0, 0.05) is 42.7 Å². The molecule has 116 valence electrons. The topological polar surface area (TPSA) is 44.0 Å². The van der Waals surface area contributed by atoms with E-state index in [1.165, 1.54) is 30.8 Å². The van der Waals surface area contributed by atoms with Gasteiger partial charge in [0.25, 0.3) is 0 Å². The van der Waals surface area contributed by atoms with Crippen LogP contribution >= 0.6 is 11.6 Å². The molecule has 0 amide bonds. The lowest BCUT2D eigenvalue weighted by Gasteiger charge is -2.36. The maximum atomic E-state index is 5.96. The molecule has 0 aliphatic carbocycles. The third-order valence-corrected chi connectivity index (χ3v) is 5.02. The number of hydrogen-bond acceptors (Lipinski definition) is 3. The number of H-pyrrole nitrogens is 1. The quantitative estimate of drug-likeness (QED) is 0.895. The molecule has 0 unspecified atom stereocenters. The summed E-state index contributed by atoms with van der Waals surface area (Å²) in [6, 6.07) is 8.55. The van der Waals surface area contributed by atoms with Crippen LogP contribution in [0, 0.1) is 0 Å². The van der Waals surface area contributed by atoms with Crippen LogP contribution in [0.1, 0.15) is 24.2 Å². The van der Waals surface area contributed by atoms with Gasteiger partial charge in [0.15, 0.2) is 0 Å². The van der Waals surface area contributed by atoms with Gasteiger partial charge < -0.3 is 10.3 Å². The van der Waals surface area contributed by atoms with E-state index >= 15 is 0 Å². The number of nitrogens with zero attached hydrogens (tertiary/aromatic N) is 2. The Hall–Kier alpha value is -1.36. The predicted octanol–water partition coefficient (Wildman–Crippen LogP) is 2.84. The van der Waals surface area contributed by atoms with E-state index < -0.39 is 0 Å². The number of halogens is 1. The fraction of sp³-hybridized carbons (Fsp3) is 0.471. The Morgan fingerprint density at radius 3 is 2.86 bits per heavy atom. The number of nitrogens with one attached hydrogen (secondary N) is 2. The molecule has 4 nitrogen and oxygen atoms in total. The summed E-state index contributed by atoms with van der Waals surface area (Å²) in [7, 11) is 0. The van der Waals surface area contributed by atoms with Crippen LogP contribution in [0.4, 0.5) is 0 Å². The van der Waals surface area contributed by atoms with Crippen molar-refractivity contribution in [3.05, 3.63) is 40.7 Å². The Bertz CT molecular complexity index is 643. The molecule has 2 aromatic rings. The average molecular weight is 317 g/mol. The molecule has 2 aliphatic rings. The van der Waals surface area contributed by atoms with Gasteiger partial charge in [-0.3, -0.25) is 4.90 Å². The Kier molecular flexibility index (Phi) is 3.90. The minimum atomic E-state index is 0.671. The number of fused-ring (bicyclic) bond motifs is 1. The molecule has 0 saturated carbocycles. The summed E-state index contributed by atoms with van der Waals surface area (Å²) in [5, 5.41) is 4.27. The lowest BCUT2D eigenvalue weighted by Crippen LogP contribution is -2.47. The first-order valence-electron chi connectivity index (χ1n) is 8.08. The third kappa shape index (κ3) is 2.78. The van der Waals surface area contributed by atoms with E-state index in [1.807, 2.05) is 24.3 Å². The molecule has 5 heteroatoms. The molecule has 0 bridgehead atoms. The van der Waals surface area contributed by atoms with Gasteiger partial charge in [0.05, 0.1) is 11.4 Å². The molecule has 3 heterocycles. The van der Waals surface area contributed by atoms with Gasteiger partial charge in [0.1, 0.15) is 5.82 Å². The van der Waals surface area contributed by atoms with Crippen molar-refractivity contribution in [2.75, 3.05) is 19.6 Å². The molecule has 1 aromatic heterocycles. The number of aromatic amines is 1. The zero-order valence-corrected chi connectivity index (χ0v) is 13.4. The minimum absolute atomic E-state index is 0.671. The van der Waals surface area contributed by atoms with Gasteiger partial charge in [-0.2, -0.15) is 0 Å². The van der Waals surface area contributed by atoms with Crippen molar-refractivity contribution in [2.45, 2.75) is 31.8 Å². The summed E-state index contributed by atoms with van der Waals surface area (Å²) in [5.41, 5.74) is 3.61. The van der Waals surface area contributed by atoms with Crippen LogP contribution in [-0.2, 0) is 13.0 Å². The van der Waals surface area contributed by atoms with Crippen molar-refractivity contribution < 1.29 is 0 Å². The first-order chi connectivity index (χ1) is 10.8. The number of piperidine rings is 1. The highest BCUT2D eigenvalue weighted by Crippen LogP contribution is 2.25. The Morgan fingerprint density at radius 1 is 1.23 bits per heavy atom. The highest BCUT2D eigenvalue weighted by Gasteiger charge is 2.26. The van der Waals surface area contributed by atoms with Gasteiger partial charge in [-0.05, 0) is 43.7 Å². The van der Waals surface area contributed by atoms with Gasteiger partial charge in [-0.15, -0.1) is 0 Å². The fourth-order valence-electron chi connectivity index (χ4n) is 3.52. The first-order valence-corrected chi connectivity index (χ1v) is 8.46. The van der Waals surface area contributed by atoms with E-state index in [2.05, 4.69) is 15.2 Å². The Morgan fingerprint density at radius 2 is 2.09 bits per heavy atom. The monoisotopic (exact) mass is 316 g/mol. The van der Waals surface area contributed by atoms with Gasteiger partial charge in [-0.25, -0.2) is 4.98 Å². The number of hydrogen-bond donors (Lipinski definition) is 2. The van der Waals surface area contributed by atoms with Crippen LogP contribution in [0.2, 0.25) is 5.02 Å². The number of benzene rings is 1. The highest BCUT2D eigenvalue weighted by atomic mass is 35.5. The summed E-state index contributed by atoms with van der Waals surface area (Å²) >= 11 is 5.96. The van der Waals surface area contributed by atoms with E-state index in [0.29, 0.717) is 6.04 Å². The van der Waals surface area contributed by atoms with Crippen molar-refractivity contribution in [3.63, 3.8) is 0 Å². The molecular weight excluding hydrogens is 296 g/mol. The molecular formula is C17H21ClN4. The van der Waals surface area contributed by atoms with Crippen LogP contribution in [0.25, 0.3) is 11.4 Å². The molecule has 1 fully saturated rings. The average Bonchev–Trinajstić information content (AvgIpc) is 2.99. The van der Waals surface area contributed by atoms with Crippen LogP contribution in [0.3, 0.4) is 0 Å². The SMILES string of the molecule is Clc1ccc(-c2nc3c([nH]2)CN([C@@H]2CCCNC2)CC3)cc1. The van der Waals surface area contributed by atoms with Crippen molar-refractivity contribution in [1.82, 2.24) is 20.2 Å². The maximum absolute atomic E-state index is 5.96. The second kappa shape index (κ2) is 6.03. The fourth-order valence-corrected chi connectivity index (χ4v) is 3.64. The van der Waals surface area contributed by atoms with E-state index in [1.54, 1.807) is 0 Å². The standard InChI is InChI=1S/C17H21ClN4/c18-13-5-3-12(4-6-13)17-20-15-7-9-22(11-16(15)21-17)14-2-1-8-19-10-14/h3-6,14,19H,1-2,7-11H2,(H,20,21)/t14-/m1/s1. The second-order valence-electron chi connectivity index (χ2n) is 6.24. The number of imidazole rings is 1. The van der Waals surface area contributed by atoms with Crippen molar-refractivity contribution in [3.8, 4) is 11.4 Å². The molecule has 1 atom stereocenters. The van der Waals surface area contributed by atoms with E-state index in [9.17, 15) is 0 Å². The van der Waals surface area contributed by atoms with Gasteiger partial charge >= 0.3 is 0 Å². The van der Waals surface area contributed by atoms with Gasteiger partial charge in [-0.1, -0.05) is 11.6 Å². The molecule has 1 saturated heterocycles. The molecule has 0 radical (unpaired) electrons. The summed E-state index contributed by atoms with van der Waals surface area (Å²) in [4.78, 5) is 10.9. The number of aromatic nitrogens is 2. The van der Waals surface area contributed by atoms with Crippen LogP contribution < -0.4 is 5.32 Å². The lowest BCUT2D eigenvalue weighted by atomic mass is 10.0. The number of rotatable bonds is 2. The van der Waals surface area contributed by atoms with Crippen LogP contribution in [0.5, 0.6) is 0 Å². The highest BCUT2D eigenvalue weighted by molar-refractivity contribution is 6.30. The zero-order chi connectivity index (χ0) is 14.9. The largest absolute Gasteiger partial charge is 0.341 e. The lowest BCUT2D eigenvalue weighted by molar-refractivity contribution is 0.148. The molecule has 22 heavy (non-hydrogen) atoms. The summed E-state index contributed by atoms with van der Waals surface area (Å²) in [6.45, 7) is 4.39. The predicted molar refractivity (Wildman–Crippen MR) is 89.0 cm³/mol. The molecule has 2 aliphatic heterocycles. The van der Waals surface area contributed by atoms with E-state index in [-0.39, 0.29) is 0 Å². The van der Waals surface area contributed by atoms with E-state index in [4.69, 9.17) is 16.6 Å². The van der Waals surface area contributed by atoms with E-state index in [0.717, 1.165) is 42.5 Å². The van der Waals surface area contributed by atoms with Crippen molar-refractivity contribution in [1.29, 1.82) is 0 Å². The maximum Gasteiger partial charge on any atom is 0.137 e. The normalized spacial score (nSPS) is 22.5. The summed E-state index contributed by atoms with van der Waals surface area (Å²) in [5.74, 6) is 0.963. The van der Waals surface area contributed by atoms with Crippen molar-refractivity contribution >= 4 is 11.6 Å². The molecule has 2 N–H and O–H groups in total. The Balaban J connectivity index is 1.54. The Labute approximate surface area is 135 Å². The smallest absolute Gasteiger partial charge is 0.137 e. The molecule has 1 aromatic carbocycles. The molecule has 0 spiro atoms. The van der Waals surface area contributed by atoms with Crippen LogP contribution in [-0.4, -0.2) is 40.5 Å². The van der Waals surface area contributed by atoms with Crippen molar-refractivity contribution in [2.24, 2.45) is 0 Å². The summed E-state index contributed by atoms with van der Waals surface area (Å²) < 4.78 is 0. The molecule has 4 rings (SSSR count). The van der Waals surface area contributed by atoms with Crippen LogP contribution in [0.15, 0.2) is 24.3 Å².